The van der Waals surface area contributed by atoms with Gasteiger partial charge in [0.1, 0.15) is 5.82 Å². The number of hydrogen-bond acceptors (Lipinski definition) is 18. The van der Waals surface area contributed by atoms with Crippen molar-refractivity contribution in [1.29, 1.82) is 0 Å². The van der Waals surface area contributed by atoms with Gasteiger partial charge in [0.25, 0.3) is 0 Å². The first kappa shape index (κ1) is 95.1. The second-order valence-corrected chi connectivity index (χ2v) is 36.2. The van der Waals surface area contributed by atoms with E-state index in [1.165, 1.54) is 75.0 Å². The van der Waals surface area contributed by atoms with Gasteiger partial charge in [0, 0.05) is 182 Å². The van der Waals surface area contributed by atoms with Crippen molar-refractivity contribution in [3.05, 3.63) is 274 Å². The van der Waals surface area contributed by atoms with E-state index in [9.17, 15) is 23.6 Å². The van der Waals surface area contributed by atoms with Crippen LogP contribution >= 0.6 is 0 Å². The molecule has 14 aromatic rings. The number of pyridine rings is 2. The van der Waals surface area contributed by atoms with E-state index >= 15 is 0 Å². The number of ketones is 4. The van der Waals surface area contributed by atoms with E-state index < -0.39 is 0 Å². The van der Waals surface area contributed by atoms with Crippen molar-refractivity contribution in [2.24, 2.45) is 0 Å². The van der Waals surface area contributed by atoms with Gasteiger partial charge in [0.2, 0.25) is 23.4 Å². The predicted octanol–water partition coefficient (Wildman–Crippen LogP) is 20.4. The number of benzene rings is 6. The molecule has 4 aliphatic heterocycles. The Morgan fingerprint density at radius 1 is 0.348 bits per heavy atom. The summed E-state index contributed by atoms with van der Waals surface area (Å²) in [7, 11) is 0. The highest BCUT2D eigenvalue weighted by molar-refractivity contribution is 6.10. The maximum atomic E-state index is 13.2. The van der Waals surface area contributed by atoms with E-state index in [1.807, 2.05) is 48.8 Å². The van der Waals surface area contributed by atoms with Crippen molar-refractivity contribution in [1.82, 2.24) is 77.9 Å². The second-order valence-electron chi connectivity index (χ2n) is 36.2. The zero-order valence-corrected chi connectivity index (χ0v) is 78.9. The fourth-order valence-electron chi connectivity index (χ4n) is 20.1. The smallest absolute Gasteiger partial charge is 0.230 e. The van der Waals surface area contributed by atoms with E-state index in [0.717, 1.165) is 287 Å². The van der Waals surface area contributed by atoms with Crippen molar-refractivity contribution < 1.29 is 32.6 Å². The highest BCUT2D eigenvalue weighted by Gasteiger charge is 2.29. The molecule has 0 N–H and O–H groups in total. The Kier molecular flexibility index (Phi) is 33.6. The van der Waals surface area contributed by atoms with Crippen LogP contribution in [0.2, 0.25) is 0 Å². The third-order valence-corrected chi connectivity index (χ3v) is 27.3. The van der Waals surface area contributed by atoms with Crippen LogP contribution < -0.4 is 0 Å². The first-order chi connectivity index (χ1) is 64.5. The molecule has 12 heterocycles. The fraction of sp³-hybridized carbons (Fsp3) is 0.431. The number of Topliss-reactive ketones (excluding diaryl/α,β-unsaturated/α-hetero) is 4. The van der Waals surface area contributed by atoms with Gasteiger partial charge in [-0.25, -0.2) is 4.39 Å². The maximum absolute atomic E-state index is 13.2. The number of fused-ring (bicyclic) bond motifs is 4. The number of carbonyl (C=O) groups is 4. The van der Waals surface area contributed by atoms with E-state index in [2.05, 4.69) is 221 Å². The summed E-state index contributed by atoms with van der Waals surface area (Å²) in [5.74, 6) is 3.74. The van der Waals surface area contributed by atoms with Crippen LogP contribution in [0.15, 0.2) is 210 Å². The lowest BCUT2D eigenvalue weighted by Gasteiger charge is -2.30. The largest absolute Gasteiger partial charge is 0.346 e. The molecule has 18 rings (SSSR count). The van der Waals surface area contributed by atoms with Crippen molar-refractivity contribution >= 4 is 66.7 Å². The summed E-state index contributed by atoms with van der Waals surface area (Å²) < 4.78 is 33.5. The molecule has 132 heavy (non-hydrogen) atoms. The molecular formula is C109H133FN16O6. The highest BCUT2D eigenvalue weighted by atomic mass is 19.1. The zero-order valence-electron chi connectivity index (χ0n) is 78.9. The monoisotopic (exact) mass is 1780 g/mol. The van der Waals surface area contributed by atoms with E-state index in [0.29, 0.717) is 23.5 Å². The molecule has 4 aliphatic rings. The summed E-state index contributed by atoms with van der Waals surface area (Å²) in [4.78, 5) is 81.5. The van der Waals surface area contributed by atoms with Crippen molar-refractivity contribution in [3.63, 3.8) is 0 Å². The van der Waals surface area contributed by atoms with Crippen LogP contribution in [0.5, 0.6) is 0 Å². The number of halogens is 1. The van der Waals surface area contributed by atoms with Gasteiger partial charge in [-0.3, -0.25) is 34.0 Å². The predicted molar refractivity (Wildman–Crippen MR) is 526 cm³/mol. The molecule has 0 radical (unpaired) electrons. The molecule has 0 bridgehead atoms. The topological polar surface area (TPSA) is 211 Å². The van der Waals surface area contributed by atoms with Gasteiger partial charge in [-0.05, 0) is 272 Å². The molecular weight excluding hydrogens is 1650 g/mol. The number of aryl methyl sites for hydroxylation is 8. The number of piperidine rings is 2. The molecule has 4 fully saturated rings. The van der Waals surface area contributed by atoms with E-state index in [1.54, 1.807) is 64.6 Å². The number of aromatic nitrogens is 10. The first-order valence-corrected chi connectivity index (χ1v) is 48.5. The van der Waals surface area contributed by atoms with Crippen LogP contribution in [0.3, 0.4) is 0 Å². The lowest BCUT2D eigenvalue weighted by Crippen LogP contribution is -2.34. The van der Waals surface area contributed by atoms with E-state index in [4.69, 9.17) is 9.05 Å². The average molecular weight is 1780 g/mol. The Morgan fingerprint density at radius 3 is 1.08 bits per heavy atom. The molecule has 0 aliphatic carbocycles. The van der Waals surface area contributed by atoms with Crippen LogP contribution in [0.1, 0.15) is 218 Å². The van der Waals surface area contributed by atoms with Crippen LogP contribution in [0, 0.1) is 5.82 Å². The number of rotatable bonds is 33. The van der Waals surface area contributed by atoms with Crippen LogP contribution in [0.4, 0.5) is 4.39 Å². The van der Waals surface area contributed by atoms with Gasteiger partial charge >= 0.3 is 0 Å². The zero-order chi connectivity index (χ0) is 91.8. The standard InChI is InChI=1S/C28H37N3O.C27H34FN3O.2C27H31N5O2/c1-3-25-12-7-13-26-27(23(2)32)22-31(28(25)26)18-9-17-29-15-8-16-30(21-20-29)19-14-24-10-5-4-6-11-24;1-3-23-7-4-8-25-26(21(2)32)20-31(27(23)25)16-6-14-29-13-5-15-30(18-17-29)19-22-9-11-24(28)12-10-22;1-3-20-7-4-9-23-24(19(2)33)18-32(25(20)23)14-6-13-31-15-10-21(11-16-31)27-29-26(30-34-27)22-8-5-12-28-17-22;1-3-20-6-4-7-23-24(19(2)33)18-32(25(20)23)15-5-14-31-16-10-22(11-17-31)27-29-26(30-34-27)21-8-12-28-13-9-21/h4-7,10-13,22H,3,8-9,14-21H2,1-2H3;4,7-12,20H,3,5-6,13-19H2,1-2H3;4-5,7-9,12,17-18,21H,3,6,10-11,13-16H2,1-2H3;4,6-9,12-13,18,22H,3,5,10-11,14-17H2,1-2H3. The molecule has 0 atom stereocenters. The Morgan fingerprint density at radius 2 is 0.712 bits per heavy atom. The number of hydrogen-bond donors (Lipinski definition) is 0. The third kappa shape index (κ3) is 24.3. The molecule has 22 nitrogen and oxygen atoms in total. The van der Waals surface area contributed by atoms with Gasteiger partial charge in [-0.2, -0.15) is 9.97 Å². The van der Waals surface area contributed by atoms with Gasteiger partial charge in [0.05, 0.1) is 22.1 Å². The fourth-order valence-corrected chi connectivity index (χ4v) is 20.1. The van der Waals surface area contributed by atoms with Crippen LogP contribution in [0.25, 0.3) is 66.4 Å². The highest BCUT2D eigenvalue weighted by Crippen LogP contribution is 2.35. The van der Waals surface area contributed by atoms with Crippen LogP contribution in [-0.4, -0.2) is 212 Å². The normalized spacial score (nSPS) is 15.5. The minimum atomic E-state index is -0.173. The van der Waals surface area contributed by atoms with Gasteiger partial charge in [0.15, 0.2) is 23.1 Å². The minimum Gasteiger partial charge on any atom is -0.346 e. The van der Waals surface area contributed by atoms with Gasteiger partial charge < -0.3 is 51.8 Å². The summed E-state index contributed by atoms with van der Waals surface area (Å²) in [5, 5.41) is 12.7. The van der Waals surface area contributed by atoms with E-state index in [-0.39, 0.29) is 29.0 Å². The van der Waals surface area contributed by atoms with Crippen molar-refractivity contribution in [2.75, 3.05) is 111 Å². The molecule has 0 amide bonds. The number of likely N-dealkylation sites (tertiary alicyclic amines) is 2. The van der Waals surface area contributed by atoms with Crippen LogP contribution in [-0.2, 0) is 64.8 Å². The summed E-state index contributed by atoms with van der Waals surface area (Å²) in [6, 6.07) is 50.6. The quantitative estimate of drug-likeness (QED) is 0.0350. The number of carbonyl (C=O) groups excluding carboxylic acids is 4. The Balaban J connectivity index is 0.000000135. The summed E-state index contributed by atoms with van der Waals surface area (Å²) in [5.41, 5.74) is 17.9. The Bertz CT molecular complexity index is 5900. The molecule has 0 saturated carbocycles. The Labute approximate surface area is 777 Å². The molecule has 0 unspecified atom stereocenters. The van der Waals surface area contributed by atoms with Gasteiger partial charge in [-0.15, -0.1) is 0 Å². The van der Waals surface area contributed by atoms with Crippen molar-refractivity contribution in [3.8, 4) is 22.8 Å². The van der Waals surface area contributed by atoms with Gasteiger partial charge in [-0.1, -0.05) is 153 Å². The number of para-hydroxylation sites is 4. The minimum absolute atomic E-state index is 0.131. The first-order valence-electron chi connectivity index (χ1n) is 48.5. The molecule has 8 aromatic heterocycles. The molecule has 4 saturated heterocycles. The third-order valence-electron chi connectivity index (χ3n) is 27.3. The molecule has 23 heteroatoms. The molecule has 0 spiro atoms. The summed E-state index contributed by atoms with van der Waals surface area (Å²) >= 11 is 0. The maximum Gasteiger partial charge on any atom is 0.230 e. The SMILES string of the molecule is CCc1cccc2c(C(C)=O)cn(CCCN3CCC(c4nc(-c5cccnc5)no4)CC3)c12.CCc1cccc2c(C(C)=O)cn(CCCN3CCC(c4nc(-c5ccncc5)no4)CC3)c12.CCc1cccc2c(C(C)=O)cn(CCCN3CCCN(CCc4ccccc4)CC3)c12.CCc1cccc2c(C(C)=O)cn(CCCN3CCCN(Cc4ccc(F)cc4)CC3)c12. The Hall–Kier alpha value is -11.6. The summed E-state index contributed by atoms with van der Waals surface area (Å²) in [6.45, 7) is 38.5. The lowest BCUT2D eigenvalue weighted by molar-refractivity contribution is 0.101. The average Bonchev–Trinajstić information content (AvgIpc) is 1.64. The van der Waals surface area contributed by atoms with Crippen molar-refractivity contribution in [2.45, 2.75) is 196 Å². The molecule has 6 aromatic carbocycles. The molecule has 692 valence electrons. The lowest BCUT2D eigenvalue weighted by atomic mass is 9.96. The second kappa shape index (κ2) is 46.7. The summed E-state index contributed by atoms with van der Waals surface area (Å²) in [6.07, 6.45) is 31.0. The number of nitrogens with zero attached hydrogens (tertiary/aromatic N) is 16.